The lowest BCUT2D eigenvalue weighted by Crippen LogP contribution is -2.39. The number of carbonyl (C=O) groups excluding carboxylic acids is 1. The minimum Gasteiger partial charge on any atom is -0.342 e. The summed E-state index contributed by atoms with van der Waals surface area (Å²) < 4.78 is 45.4. The molecule has 2 aliphatic rings. The smallest absolute Gasteiger partial charge is 0.342 e. The molecule has 0 unspecified atom stereocenters. The molecule has 4 rings (SSSR count). The van der Waals surface area contributed by atoms with E-state index < -0.39 is 11.7 Å². The highest BCUT2D eigenvalue weighted by atomic mass is 19.4. The molecule has 0 bridgehead atoms. The predicted octanol–water partition coefficient (Wildman–Crippen LogP) is 3.91. The maximum absolute atomic E-state index is 13.5. The van der Waals surface area contributed by atoms with E-state index in [0.29, 0.717) is 37.5 Å². The summed E-state index contributed by atoms with van der Waals surface area (Å²) in [7, 11) is 0. The molecule has 8 heteroatoms. The second-order valence-electron chi connectivity index (χ2n) is 7.46. The summed E-state index contributed by atoms with van der Waals surface area (Å²) in [5.41, 5.74) is -0.266. The molecule has 0 N–H and O–H groups in total. The van der Waals surface area contributed by atoms with Gasteiger partial charge in [-0.1, -0.05) is 12.1 Å². The summed E-state index contributed by atoms with van der Waals surface area (Å²) in [6.07, 6.45) is -2.34. The third kappa shape index (κ3) is 2.95. The van der Waals surface area contributed by atoms with Gasteiger partial charge in [-0.05, 0) is 38.2 Å². The maximum Gasteiger partial charge on any atom is 0.417 e. The normalized spacial score (nSPS) is 24.3. The van der Waals surface area contributed by atoms with Crippen LogP contribution in [0.1, 0.15) is 49.1 Å². The van der Waals surface area contributed by atoms with E-state index in [1.54, 1.807) is 0 Å². The summed E-state index contributed by atoms with van der Waals surface area (Å²) >= 11 is 0. The lowest BCUT2D eigenvalue weighted by molar-refractivity contribution is -0.136. The highest BCUT2D eigenvalue weighted by molar-refractivity contribution is 5.82. The number of hydrogen-bond donors (Lipinski definition) is 0. The van der Waals surface area contributed by atoms with E-state index in [1.165, 1.54) is 6.92 Å². The van der Waals surface area contributed by atoms with Crippen molar-refractivity contribution in [1.82, 2.24) is 15.0 Å². The zero-order valence-corrected chi connectivity index (χ0v) is 14.6. The number of hydrogen-bond acceptors (Lipinski definition) is 4. The predicted molar refractivity (Wildman–Crippen MR) is 87.4 cm³/mol. The van der Waals surface area contributed by atoms with Gasteiger partial charge in [0.05, 0.1) is 16.6 Å². The Balaban J connectivity index is 1.57. The van der Waals surface area contributed by atoms with Gasteiger partial charge in [0, 0.05) is 30.6 Å². The Morgan fingerprint density at radius 3 is 2.54 bits per heavy atom. The van der Waals surface area contributed by atoms with Crippen LogP contribution in [0.4, 0.5) is 13.2 Å². The molecule has 0 aromatic carbocycles. The van der Waals surface area contributed by atoms with Crippen LogP contribution in [0.5, 0.6) is 0 Å². The number of carbonyl (C=O) groups is 1. The van der Waals surface area contributed by atoms with E-state index in [9.17, 15) is 18.0 Å². The lowest BCUT2D eigenvalue weighted by Gasteiger charge is -2.32. The molecule has 0 radical (unpaired) electrons. The molecule has 1 amide bonds. The molecule has 2 aromatic rings. The fraction of sp³-hybridized carbons (Fsp3) is 0.611. The Morgan fingerprint density at radius 1 is 1.31 bits per heavy atom. The first-order valence-corrected chi connectivity index (χ1v) is 8.88. The van der Waals surface area contributed by atoms with Crippen LogP contribution in [0.15, 0.2) is 10.6 Å². The molecule has 1 aliphatic carbocycles. The molecular formula is C18H20F3N3O2. The van der Waals surface area contributed by atoms with Crippen molar-refractivity contribution < 1.29 is 22.5 Å². The Bertz CT molecular complexity index is 853. The van der Waals surface area contributed by atoms with Crippen molar-refractivity contribution in [3.8, 4) is 0 Å². The van der Waals surface area contributed by atoms with Gasteiger partial charge in [-0.25, -0.2) is 4.98 Å². The SMILES string of the molecule is Cc1noc2nc(C3CCN(C(=O)[C@H]4C[C@H]4C)CC3)cc(C(F)(F)F)c12. The molecule has 1 aliphatic heterocycles. The van der Waals surface area contributed by atoms with Crippen molar-refractivity contribution in [3.05, 3.63) is 23.0 Å². The van der Waals surface area contributed by atoms with Crippen molar-refractivity contribution >= 4 is 17.0 Å². The molecule has 2 fully saturated rings. The fourth-order valence-electron chi connectivity index (χ4n) is 3.84. The molecule has 1 saturated heterocycles. The fourth-order valence-corrected chi connectivity index (χ4v) is 3.84. The molecule has 2 atom stereocenters. The Hall–Kier alpha value is -2.12. The van der Waals surface area contributed by atoms with E-state index in [-0.39, 0.29) is 34.5 Å². The van der Waals surface area contributed by atoms with Gasteiger partial charge in [0.15, 0.2) is 0 Å². The first-order chi connectivity index (χ1) is 12.3. The van der Waals surface area contributed by atoms with Crippen molar-refractivity contribution in [1.29, 1.82) is 0 Å². The number of alkyl halides is 3. The largest absolute Gasteiger partial charge is 0.417 e. The zero-order chi connectivity index (χ0) is 18.6. The third-order valence-electron chi connectivity index (χ3n) is 5.59. The van der Waals surface area contributed by atoms with Crippen LogP contribution in [-0.2, 0) is 11.0 Å². The minimum absolute atomic E-state index is 0.0716. The number of aromatic nitrogens is 2. The van der Waals surface area contributed by atoms with Crippen molar-refractivity contribution in [2.75, 3.05) is 13.1 Å². The topological polar surface area (TPSA) is 59.2 Å². The number of pyridine rings is 1. The average Bonchev–Trinajstić information content (AvgIpc) is 3.22. The van der Waals surface area contributed by atoms with Crippen LogP contribution in [0.25, 0.3) is 11.1 Å². The first kappa shape index (κ1) is 17.3. The second-order valence-corrected chi connectivity index (χ2v) is 7.46. The molecule has 0 spiro atoms. The summed E-state index contributed by atoms with van der Waals surface area (Å²) in [6, 6.07) is 1.12. The van der Waals surface area contributed by atoms with E-state index in [0.717, 1.165) is 12.5 Å². The Kier molecular flexibility index (Phi) is 3.96. The first-order valence-electron chi connectivity index (χ1n) is 8.88. The van der Waals surface area contributed by atoms with Crippen LogP contribution in [0.2, 0.25) is 0 Å². The standard InChI is InChI=1S/C18H20F3N3O2/c1-9-7-12(9)17(25)24-5-3-11(4-6-24)14-8-13(18(19,20)21)15-10(2)23-26-16(15)22-14/h8-9,11-12H,3-7H2,1-2H3/t9-,12+/m1/s1. The molecule has 140 valence electrons. The van der Waals surface area contributed by atoms with E-state index in [2.05, 4.69) is 17.1 Å². The number of piperidine rings is 1. The number of likely N-dealkylation sites (tertiary alicyclic amines) is 1. The van der Waals surface area contributed by atoms with Gasteiger partial charge in [0.25, 0.3) is 5.71 Å². The van der Waals surface area contributed by atoms with Crippen molar-refractivity contribution in [2.45, 2.75) is 45.2 Å². The monoisotopic (exact) mass is 367 g/mol. The molecule has 2 aromatic heterocycles. The van der Waals surface area contributed by atoms with Gasteiger partial charge in [-0.15, -0.1) is 0 Å². The van der Waals surface area contributed by atoms with Gasteiger partial charge in [0.2, 0.25) is 5.91 Å². The van der Waals surface area contributed by atoms with Crippen LogP contribution in [0, 0.1) is 18.8 Å². The van der Waals surface area contributed by atoms with Gasteiger partial charge in [-0.3, -0.25) is 4.79 Å². The highest BCUT2D eigenvalue weighted by Crippen LogP contribution is 2.41. The van der Waals surface area contributed by atoms with Crippen LogP contribution < -0.4 is 0 Å². The Labute approximate surface area is 148 Å². The zero-order valence-electron chi connectivity index (χ0n) is 14.6. The molecular weight excluding hydrogens is 347 g/mol. The van der Waals surface area contributed by atoms with Crippen LogP contribution in [0.3, 0.4) is 0 Å². The van der Waals surface area contributed by atoms with E-state index in [4.69, 9.17) is 4.52 Å². The number of aryl methyl sites for hydroxylation is 1. The summed E-state index contributed by atoms with van der Waals surface area (Å²) in [6.45, 7) is 4.66. The number of fused-ring (bicyclic) bond motifs is 1. The number of rotatable bonds is 2. The number of nitrogens with zero attached hydrogens (tertiary/aromatic N) is 3. The average molecular weight is 367 g/mol. The highest BCUT2D eigenvalue weighted by Gasteiger charge is 2.42. The van der Waals surface area contributed by atoms with Gasteiger partial charge in [-0.2, -0.15) is 13.2 Å². The quantitative estimate of drug-likeness (QED) is 0.807. The van der Waals surface area contributed by atoms with Crippen LogP contribution in [-0.4, -0.2) is 34.0 Å². The lowest BCUT2D eigenvalue weighted by atomic mass is 9.91. The number of amides is 1. The van der Waals surface area contributed by atoms with Crippen molar-refractivity contribution in [2.24, 2.45) is 11.8 Å². The molecule has 5 nitrogen and oxygen atoms in total. The third-order valence-corrected chi connectivity index (χ3v) is 5.59. The summed E-state index contributed by atoms with van der Waals surface area (Å²) in [5.74, 6) is 0.649. The Morgan fingerprint density at radius 2 is 1.96 bits per heavy atom. The summed E-state index contributed by atoms with van der Waals surface area (Å²) in [4.78, 5) is 18.4. The van der Waals surface area contributed by atoms with Gasteiger partial charge < -0.3 is 9.42 Å². The van der Waals surface area contributed by atoms with E-state index in [1.807, 2.05) is 4.90 Å². The second kappa shape index (κ2) is 5.96. The van der Waals surface area contributed by atoms with Crippen molar-refractivity contribution in [3.63, 3.8) is 0 Å². The van der Waals surface area contributed by atoms with Gasteiger partial charge >= 0.3 is 6.18 Å². The molecule has 3 heterocycles. The number of halogens is 3. The van der Waals surface area contributed by atoms with Gasteiger partial charge in [0.1, 0.15) is 0 Å². The summed E-state index contributed by atoms with van der Waals surface area (Å²) in [5, 5.41) is 3.56. The molecule has 26 heavy (non-hydrogen) atoms. The minimum atomic E-state index is -4.50. The van der Waals surface area contributed by atoms with E-state index >= 15 is 0 Å². The van der Waals surface area contributed by atoms with Crippen LogP contribution >= 0.6 is 0 Å². The maximum atomic E-state index is 13.5. The molecule has 1 saturated carbocycles.